The van der Waals surface area contributed by atoms with E-state index in [1.54, 1.807) is 4.90 Å². The monoisotopic (exact) mass is 357 g/mol. The number of amides is 1. The lowest BCUT2D eigenvalue weighted by molar-refractivity contribution is -0.134. The molecule has 2 atom stereocenters. The quantitative estimate of drug-likeness (QED) is 0.600. The number of hydrogen-bond acceptors (Lipinski definition) is 5. The van der Waals surface area contributed by atoms with Crippen LogP contribution in [0, 0.1) is 0 Å². The van der Waals surface area contributed by atoms with Crippen LogP contribution >= 0.6 is 0 Å². The van der Waals surface area contributed by atoms with Crippen LogP contribution in [0.1, 0.15) is 29.3 Å². The number of hydrazine groups is 1. The van der Waals surface area contributed by atoms with E-state index in [9.17, 15) is 9.59 Å². The molecular formula is C18H23N5O3. The first-order chi connectivity index (χ1) is 12.7. The van der Waals surface area contributed by atoms with Crippen LogP contribution in [0.2, 0.25) is 0 Å². The van der Waals surface area contributed by atoms with Crippen LogP contribution in [0.15, 0.2) is 35.1 Å². The number of hydrogen-bond donors (Lipinski definition) is 4. The molecule has 0 radical (unpaired) electrons. The predicted octanol–water partition coefficient (Wildman–Crippen LogP) is -0.339. The van der Waals surface area contributed by atoms with E-state index < -0.39 is 0 Å². The molecule has 2 unspecified atom stereocenters. The molecular weight excluding hydrogens is 334 g/mol. The number of aliphatic hydroxyl groups is 1. The molecule has 8 nitrogen and oxygen atoms in total. The van der Waals surface area contributed by atoms with Gasteiger partial charge in [-0.3, -0.25) is 19.4 Å². The van der Waals surface area contributed by atoms with Crippen LogP contribution < -0.4 is 16.4 Å². The Morgan fingerprint density at radius 2 is 2.04 bits per heavy atom. The third kappa shape index (κ3) is 3.07. The van der Waals surface area contributed by atoms with Crippen molar-refractivity contribution in [2.75, 3.05) is 13.2 Å². The molecule has 1 saturated heterocycles. The number of aliphatic hydroxyl groups excluding tert-OH is 1. The van der Waals surface area contributed by atoms with Crippen LogP contribution in [0.25, 0.3) is 0 Å². The summed E-state index contributed by atoms with van der Waals surface area (Å²) in [5.74, 6) is 0.0392. The van der Waals surface area contributed by atoms with Crippen LogP contribution in [0.4, 0.5) is 0 Å². The van der Waals surface area contributed by atoms with Gasteiger partial charge in [-0.05, 0) is 18.4 Å². The number of aromatic nitrogens is 2. The van der Waals surface area contributed by atoms with Crippen molar-refractivity contribution in [3.8, 4) is 0 Å². The topological polar surface area (TPSA) is 102 Å². The highest BCUT2D eigenvalue weighted by Crippen LogP contribution is 2.24. The van der Waals surface area contributed by atoms with Gasteiger partial charge < -0.3 is 10.0 Å². The average Bonchev–Trinajstić information content (AvgIpc) is 3.28. The lowest BCUT2D eigenvalue weighted by Crippen LogP contribution is -2.47. The van der Waals surface area contributed by atoms with Crippen LogP contribution in [-0.2, 0) is 24.3 Å². The van der Waals surface area contributed by atoms with E-state index >= 15 is 0 Å². The van der Waals surface area contributed by atoms with E-state index in [-0.39, 0.29) is 36.7 Å². The fraction of sp³-hybridized carbons (Fsp3) is 0.444. The average molecular weight is 357 g/mol. The van der Waals surface area contributed by atoms with Crippen molar-refractivity contribution in [1.29, 1.82) is 0 Å². The normalized spacial score (nSPS) is 22.4. The van der Waals surface area contributed by atoms with Gasteiger partial charge in [0.05, 0.1) is 25.4 Å². The summed E-state index contributed by atoms with van der Waals surface area (Å²) in [7, 11) is 0. The highest BCUT2D eigenvalue weighted by Gasteiger charge is 2.35. The summed E-state index contributed by atoms with van der Waals surface area (Å²) in [6, 6.07) is 9.88. The number of H-pyrrole nitrogens is 1. The number of carbonyl (C=O) groups excluding carboxylic acids is 1. The van der Waals surface area contributed by atoms with E-state index in [1.165, 1.54) is 4.68 Å². The first-order valence-corrected chi connectivity index (χ1v) is 8.93. The molecule has 4 N–H and O–H groups in total. The molecule has 4 rings (SSSR count). The summed E-state index contributed by atoms with van der Waals surface area (Å²) in [5, 5.41) is 12.1. The molecule has 2 aliphatic heterocycles. The number of nitrogens with zero attached hydrogens (tertiary/aromatic N) is 2. The second-order valence-corrected chi connectivity index (χ2v) is 6.80. The van der Waals surface area contributed by atoms with Crippen molar-refractivity contribution in [3.05, 3.63) is 57.5 Å². The molecule has 138 valence electrons. The van der Waals surface area contributed by atoms with Gasteiger partial charge >= 0.3 is 0 Å². The summed E-state index contributed by atoms with van der Waals surface area (Å²) in [4.78, 5) is 26.9. The zero-order chi connectivity index (χ0) is 18.1. The maximum Gasteiger partial charge on any atom is 0.270 e. The van der Waals surface area contributed by atoms with Crippen molar-refractivity contribution in [3.63, 3.8) is 0 Å². The van der Waals surface area contributed by atoms with Gasteiger partial charge in [-0.1, -0.05) is 30.3 Å². The van der Waals surface area contributed by atoms with Crippen molar-refractivity contribution in [2.45, 2.75) is 38.0 Å². The van der Waals surface area contributed by atoms with Gasteiger partial charge in [0.15, 0.2) is 0 Å². The minimum absolute atomic E-state index is 0.0392. The minimum atomic E-state index is -0.284. The van der Waals surface area contributed by atoms with Crippen LogP contribution in [-0.4, -0.2) is 44.9 Å². The maximum atomic E-state index is 12.9. The van der Waals surface area contributed by atoms with Crippen molar-refractivity contribution < 1.29 is 9.90 Å². The number of rotatable bonds is 4. The highest BCUT2D eigenvalue weighted by atomic mass is 16.3. The zero-order valence-corrected chi connectivity index (χ0v) is 14.4. The van der Waals surface area contributed by atoms with E-state index in [2.05, 4.69) is 16.0 Å². The van der Waals surface area contributed by atoms with Crippen LogP contribution in [0.3, 0.4) is 0 Å². The smallest absolute Gasteiger partial charge is 0.270 e. The largest absolute Gasteiger partial charge is 0.394 e. The van der Waals surface area contributed by atoms with Gasteiger partial charge in [0.2, 0.25) is 5.91 Å². The Balaban J connectivity index is 1.43. The SMILES string of the molecule is O=C(C1CC(c2ccccc2)NN1)N1CCc2c([nH]n(CCO)c2=O)C1. The van der Waals surface area contributed by atoms with Crippen molar-refractivity contribution in [2.24, 2.45) is 0 Å². The fourth-order valence-corrected chi connectivity index (χ4v) is 3.77. The van der Waals surface area contributed by atoms with Crippen LogP contribution in [0.5, 0.6) is 0 Å². The molecule has 1 aromatic heterocycles. The minimum Gasteiger partial charge on any atom is -0.394 e. The van der Waals surface area contributed by atoms with Gasteiger partial charge in [0.1, 0.15) is 6.04 Å². The molecule has 0 spiro atoms. The van der Waals surface area contributed by atoms with E-state index in [1.807, 2.05) is 30.3 Å². The number of fused-ring (bicyclic) bond motifs is 1. The van der Waals surface area contributed by atoms with Gasteiger partial charge in [-0.15, -0.1) is 0 Å². The molecule has 2 aromatic rings. The Hall–Kier alpha value is -2.42. The van der Waals surface area contributed by atoms with Crippen molar-refractivity contribution >= 4 is 5.91 Å². The summed E-state index contributed by atoms with van der Waals surface area (Å²) in [5.41, 5.74) is 8.88. The van der Waals surface area contributed by atoms with Gasteiger partial charge in [0, 0.05) is 18.2 Å². The Kier molecular flexibility index (Phi) is 4.62. The third-order valence-corrected chi connectivity index (χ3v) is 5.16. The van der Waals surface area contributed by atoms with Gasteiger partial charge in [-0.2, -0.15) is 0 Å². The molecule has 26 heavy (non-hydrogen) atoms. The Morgan fingerprint density at radius 3 is 2.81 bits per heavy atom. The molecule has 3 heterocycles. The summed E-state index contributed by atoms with van der Waals surface area (Å²) in [6.07, 6.45) is 1.23. The first-order valence-electron chi connectivity index (χ1n) is 8.93. The van der Waals surface area contributed by atoms with Crippen molar-refractivity contribution in [1.82, 2.24) is 25.5 Å². The lowest BCUT2D eigenvalue weighted by Gasteiger charge is -2.28. The number of carbonyl (C=O) groups is 1. The fourth-order valence-electron chi connectivity index (χ4n) is 3.77. The highest BCUT2D eigenvalue weighted by molar-refractivity contribution is 5.82. The maximum absolute atomic E-state index is 12.9. The second-order valence-electron chi connectivity index (χ2n) is 6.80. The van der Waals surface area contributed by atoms with E-state index in [4.69, 9.17) is 5.11 Å². The second kappa shape index (κ2) is 7.06. The molecule has 8 heteroatoms. The Labute approximate surface area is 150 Å². The lowest BCUT2D eigenvalue weighted by atomic mass is 10.0. The molecule has 0 aliphatic carbocycles. The molecule has 1 aromatic carbocycles. The number of benzene rings is 1. The van der Waals surface area contributed by atoms with E-state index in [0.717, 1.165) is 16.8 Å². The third-order valence-electron chi connectivity index (χ3n) is 5.16. The summed E-state index contributed by atoms with van der Waals surface area (Å²) >= 11 is 0. The molecule has 0 saturated carbocycles. The van der Waals surface area contributed by atoms with E-state index in [0.29, 0.717) is 25.9 Å². The molecule has 0 bridgehead atoms. The molecule has 2 aliphatic rings. The Morgan fingerprint density at radius 1 is 1.23 bits per heavy atom. The standard InChI is InChI=1S/C18H23N5O3/c24-9-8-23-17(25)13-6-7-22(11-16(13)21-23)18(26)15-10-14(19-20-15)12-4-2-1-3-5-12/h1-5,14-15,19-21,24H,6-11H2. The number of aromatic amines is 1. The van der Waals surface area contributed by atoms with Gasteiger partial charge in [0.25, 0.3) is 5.56 Å². The molecule has 1 amide bonds. The summed E-state index contributed by atoms with van der Waals surface area (Å²) in [6.45, 7) is 1.08. The van der Waals surface area contributed by atoms with Gasteiger partial charge in [-0.25, -0.2) is 10.9 Å². The molecule has 1 fully saturated rings. The number of nitrogens with one attached hydrogen (secondary N) is 3. The zero-order valence-electron chi connectivity index (χ0n) is 14.4. The Bertz CT molecular complexity index is 844. The predicted molar refractivity (Wildman–Crippen MR) is 95.1 cm³/mol. The summed E-state index contributed by atoms with van der Waals surface area (Å²) < 4.78 is 1.42. The first kappa shape index (κ1) is 17.0.